The van der Waals surface area contributed by atoms with Gasteiger partial charge in [-0.2, -0.15) is 0 Å². The van der Waals surface area contributed by atoms with E-state index in [-0.39, 0.29) is 12.5 Å². The number of ether oxygens (including phenoxy) is 1. The van der Waals surface area contributed by atoms with Crippen LogP contribution in [0.3, 0.4) is 0 Å². The van der Waals surface area contributed by atoms with E-state index in [4.69, 9.17) is 16.3 Å². The van der Waals surface area contributed by atoms with Crippen LogP contribution in [0.1, 0.15) is 5.56 Å². The van der Waals surface area contributed by atoms with E-state index >= 15 is 0 Å². The number of halogens is 1. The molecule has 0 saturated carbocycles. The third-order valence-corrected chi connectivity index (χ3v) is 5.35. The van der Waals surface area contributed by atoms with E-state index in [0.717, 1.165) is 11.6 Å². The summed E-state index contributed by atoms with van der Waals surface area (Å²) in [6.45, 7) is 3.38. The molecule has 2 aromatic carbocycles. The smallest absolute Gasteiger partial charge is 0.260 e. The molecule has 0 bridgehead atoms. The molecule has 4 rings (SSSR count). The van der Waals surface area contributed by atoms with Crippen LogP contribution in [0, 0.1) is 0 Å². The van der Waals surface area contributed by atoms with Gasteiger partial charge in [0.25, 0.3) is 5.91 Å². The first-order valence-corrected chi connectivity index (χ1v) is 10.6. The third kappa shape index (κ3) is 5.86. The minimum Gasteiger partial charge on any atom is -0.484 e. The number of carbonyl (C=O) groups is 1. The maximum Gasteiger partial charge on any atom is 0.260 e. The highest BCUT2D eigenvalue weighted by molar-refractivity contribution is 6.30. The van der Waals surface area contributed by atoms with Gasteiger partial charge in [-0.3, -0.25) is 4.79 Å². The van der Waals surface area contributed by atoms with Crippen LogP contribution in [-0.4, -0.2) is 53.8 Å². The largest absolute Gasteiger partial charge is 0.484 e. The summed E-state index contributed by atoms with van der Waals surface area (Å²) in [5.74, 6) is 2.16. The van der Waals surface area contributed by atoms with Crippen molar-refractivity contribution in [2.24, 2.45) is 0 Å². The molecule has 1 aromatic heterocycles. The Bertz CT molecular complexity index is 975. The molecule has 0 unspecified atom stereocenters. The van der Waals surface area contributed by atoms with Crippen molar-refractivity contribution in [3.8, 4) is 5.75 Å². The van der Waals surface area contributed by atoms with Gasteiger partial charge in [0.15, 0.2) is 12.4 Å². The van der Waals surface area contributed by atoms with Crippen molar-refractivity contribution in [2.45, 2.75) is 6.54 Å². The topological polar surface area (TPSA) is 70.6 Å². The van der Waals surface area contributed by atoms with E-state index in [1.807, 2.05) is 35.2 Å². The van der Waals surface area contributed by atoms with E-state index in [1.54, 1.807) is 24.3 Å². The molecule has 1 N–H and O–H groups in total. The van der Waals surface area contributed by atoms with Crippen molar-refractivity contribution in [2.75, 3.05) is 43.0 Å². The van der Waals surface area contributed by atoms with Crippen molar-refractivity contribution in [3.05, 3.63) is 77.3 Å². The maximum atomic E-state index is 12.4. The van der Waals surface area contributed by atoms with Crippen LogP contribution in [0.15, 0.2) is 66.7 Å². The fourth-order valence-corrected chi connectivity index (χ4v) is 3.45. The first-order chi connectivity index (χ1) is 15.2. The minimum atomic E-state index is -0.0267. The summed E-state index contributed by atoms with van der Waals surface area (Å²) in [5, 5.41) is 12.5. The van der Waals surface area contributed by atoms with Crippen LogP contribution >= 0.6 is 11.6 Å². The Kier molecular flexibility index (Phi) is 6.84. The Hall–Kier alpha value is -3.32. The van der Waals surface area contributed by atoms with E-state index in [2.05, 4.69) is 32.5 Å². The minimum absolute atomic E-state index is 0.0171. The molecule has 1 aliphatic heterocycles. The molecular formula is C23H24ClN5O2. The van der Waals surface area contributed by atoms with Crippen LogP contribution in [0.25, 0.3) is 0 Å². The fourth-order valence-electron chi connectivity index (χ4n) is 3.33. The Morgan fingerprint density at radius 2 is 1.68 bits per heavy atom. The van der Waals surface area contributed by atoms with Crippen molar-refractivity contribution < 1.29 is 9.53 Å². The van der Waals surface area contributed by atoms with E-state index in [0.29, 0.717) is 43.5 Å². The van der Waals surface area contributed by atoms with Crippen molar-refractivity contribution in [1.82, 2.24) is 15.1 Å². The number of anilines is 2. The first kappa shape index (κ1) is 20.9. The van der Waals surface area contributed by atoms with Crippen LogP contribution < -0.4 is 15.0 Å². The summed E-state index contributed by atoms with van der Waals surface area (Å²) in [4.78, 5) is 16.4. The Balaban J connectivity index is 1.22. The third-order valence-electron chi connectivity index (χ3n) is 5.10. The van der Waals surface area contributed by atoms with Gasteiger partial charge in [0, 0.05) is 37.7 Å². The first-order valence-electron chi connectivity index (χ1n) is 10.2. The number of amides is 1. The predicted molar refractivity (Wildman–Crippen MR) is 122 cm³/mol. The fraction of sp³-hybridized carbons (Fsp3) is 0.261. The molecule has 1 fully saturated rings. The molecule has 3 aromatic rings. The average molecular weight is 438 g/mol. The molecule has 2 heterocycles. The summed E-state index contributed by atoms with van der Waals surface area (Å²) in [7, 11) is 0. The zero-order valence-electron chi connectivity index (χ0n) is 17.1. The lowest BCUT2D eigenvalue weighted by atomic mass is 10.2. The van der Waals surface area contributed by atoms with Gasteiger partial charge in [0.1, 0.15) is 11.6 Å². The number of aromatic nitrogens is 2. The molecule has 7 nitrogen and oxygen atoms in total. The van der Waals surface area contributed by atoms with E-state index in [1.165, 1.54) is 5.56 Å². The van der Waals surface area contributed by atoms with Crippen molar-refractivity contribution >= 4 is 29.1 Å². The second kappa shape index (κ2) is 10.1. The van der Waals surface area contributed by atoms with Crippen LogP contribution in [0.2, 0.25) is 5.02 Å². The summed E-state index contributed by atoms with van der Waals surface area (Å²) in [6, 6.07) is 21.0. The molecule has 0 aliphatic carbocycles. The summed E-state index contributed by atoms with van der Waals surface area (Å²) in [5.41, 5.74) is 1.19. The van der Waals surface area contributed by atoms with Gasteiger partial charge in [0.05, 0.1) is 0 Å². The molecule has 31 heavy (non-hydrogen) atoms. The zero-order valence-corrected chi connectivity index (χ0v) is 17.8. The Labute approximate surface area is 186 Å². The van der Waals surface area contributed by atoms with Crippen LogP contribution in [0.5, 0.6) is 5.75 Å². The number of hydrogen-bond donors (Lipinski definition) is 1. The number of benzene rings is 2. The number of nitrogens with zero attached hydrogens (tertiary/aromatic N) is 4. The Morgan fingerprint density at radius 3 is 2.35 bits per heavy atom. The lowest BCUT2D eigenvalue weighted by Crippen LogP contribution is -2.50. The van der Waals surface area contributed by atoms with Crippen molar-refractivity contribution in [1.29, 1.82) is 0 Å². The number of hydrogen-bond acceptors (Lipinski definition) is 6. The second-order valence-corrected chi connectivity index (χ2v) is 7.66. The second-order valence-electron chi connectivity index (χ2n) is 7.23. The molecule has 1 aliphatic rings. The lowest BCUT2D eigenvalue weighted by molar-refractivity contribution is -0.133. The highest BCUT2D eigenvalue weighted by atomic mass is 35.5. The molecule has 0 spiro atoms. The highest BCUT2D eigenvalue weighted by Gasteiger charge is 2.22. The SMILES string of the molecule is O=C(COc1ccc(Cl)cc1)N1CCN(c2ccc(NCc3ccccc3)nn2)CC1. The van der Waals surface area contributed by atoms with Gasteiger partial charge in [-0.25, -0.2) is 0 Å². The maximum absolute atomic E-state index is 12.4. The van der Waals surface area contributed by atoms with E-state index in [9.17, 15) is 4.79 Å². The van der Waals surface area contributed by atoms with Gasteiger partial charge in [-0.05, 0) is 42.0 Å². The lowest BCUT2D eigenvalue weighted by Gasteiger charge is -2.35. The highest BCUT2D eigenvalue weighted by Crippen LogP contribution is 2.17. The molecule has 0 atom stereocenters. The molecule has 1 saturated heterocycles. The predicted octanol–water partition coefficient (Wildman–Crippen LogP) is 3.47. The molecule has 0 radical (unpaired) electrons. The van der Waals surface area contributed by atoms with Crippen LogP contribution in [0.4, 0.5) is 11.6 Å². The number of piperazine rings is 1. The molecular weight excluding hydrogens is 414 g/mol. The van der Waals surface area contributed by atoms with Gasteiger partial charge in [0.2, 0.25) is 0 Å². The quantitative estimate of drug-likeness (QED) is 0.610. The summed E-state index contributed by atoms with van der Waals surface area (Å²) in [6.07, 6.45) is 0. The molecule has 160 valence electrons. The number of rotatable bonds is 7. The van der Waals surface area contributed by atoms with E-state index < -0.39 is 0 Å². The van der Waals surface area contributed by atoms with Gasteiger partial charge in [-0.1, -0.05) is 41.9 Å². The number of nitrogens with one attached hydrogen (secondary N) is 1. The van der Waals surface area contributed by atoms with Crippen LogP contribution in [-0.2, 0) is 11.3 Å². The van der Waals surface area contributed by atoms with Gasteiger partial charge >= 0.3 is 0 Å². The average Bonchev–Trinajstić information content (AvgIpc) is 2.83. The summed E-state index contributed by atoms with van der Waals surface area (Å²) >= 11 is 5.86. The molecule has 8 heteroatoms. The number of carbonyl (C=O) groups excluding carboxylic acids is 1. The monoisotopic (exact) mass is 437 g/mol. The standard InChI is InChI=1S/C23H24ClN5O2/c24-19-6-8-20(9-7-19)31-17-23(30)29-14-12-28(13-15-29)22-11-10-21(26-27-22)25-16-18-4-2-1-3-5-18/h1-11H,12-17H2,(H,25,26). The molecule has 1 amide bonds. The van der Waals surface area contributed by atoms with Crippen molar-refractivity contribution in [3.63, 3.8) is 0 Å². The zero-order chi connectivity index (χ0) is 21.5. The normalized spacial score (nSPS) is 13.7. The summed E-state index contributed by atoms with van der Waals surface area (Å²) < 4.78 is 5.56. The Morgan fingerprint density at radius 1 is 0.935 bits per heavy atom. The van der Waals surface area contributed by atoms with Gasteiger partial charge in [-0.15, -0.1) is 10.2 Å². The van der Waals surface area contributed by atoms with Gasteiger partial charge < -0.3 is 19.9 Å².